The summed E-state index contributed by atoms with van der Waals surface area (Å²) >= 11 is 1.98. The van der Waals surface area contributed by atoms with Crippen molar-refractivity contribution in [1.82, 2.24) is 9.38 Å². The van der Waals surface area contributed by atoms with E-state index in [0.717, 1.165) is 53.3 Å². The summed E-state index contributed by atoms with van der Waals surface area (Å²) in [5.41, 5.74) is 6.31. The summed E-state index contributed by atoms with van der Waals surface area (Å²) in [7, 11) is 0. The Bertz CT molecular complexity index is 992. The van der Waals surface area contributed by atoms with Crippen molar-refractivity contribution in [2.24, 2.45) is 0 Å². The summed E-state index contributed by atoms with van der Waals surface area (Å²) in [6.45, 7) is 2.20. The molecule has 4 heterocycles. The van der Waals surface area contributed by atoms with Crippen LogP contribution in [0.5, 0.6) is 0 Å². The number of imidazole rings is 1. The third-order valence-electron chi connectivity index (χ3n) is 5.19. The van der Waals surface area contributed by atoms with Crippen LogP contribution in [0.1, 0.15) is 29.5 Å². The number of anilines is 1. The molecule has 0 atom stereocenters. The van der Waals surface area contributed by atoms with E-state index in [1.54, 1.807) is 0 Å². The molecule has 24 heavy (non-hydrogen) atoms. The minimum absolute atomic E-state index is 0.782. The van der Waals surface area contributed by atoms with Crippen molar-refractivity contribution in [3.05, 3.63) is 41.0 Å². The molecule has 1 aromatic carbocycles. The van der Waals surface area contributed by atoms with E-state index in [-0.39, 0.29) is 0 Å². The lowest BCUT2D eigenvalue weighted by Crippen LogP contribution is -2.25. The van der Waals surface area contributed by atoms with Gasteiger partial charge in [0.1, 0.15) is 11.9 Å². The quantitative estimate of drug-likeness (QED) is 0.680. The molecule has 0 unspecified atom stereocenters. The molecule has 0 aliphatic carbocycles. The van der Waals surface area contributed by atoms with Gasteiger partial charge in [-0.25, -0.2) is 4.98 Å². The van der Waals surface area contributed by atoms with Gasteiger partial charge in [-0.15, -0.1) is 0 Å². The molecule has 2 aromatic heterocycles. The summed E-state index contributed by atoms with van der Waals surface area (Å²) in [6, 6.07) is 10.7. The number of pyridine rings is 1. The largest absolute Gasteiger partial charge is 0.357 e. The van der Waals surface area contributed by atoms with Crippen LogP contribution in [0.4, 0.5) is 5.82 Å². The molecule has 0 spiro atoms. The molecule has 1 fully saturated rings. The fourth-order valence-electron chi connectivity index (χ4n) is 4.12. The number of hydrogen-bond acceptors (Lipinski definition) is 4. The van der Waals surface area contributed by atoms with E-state index < -0.39 is 0 Å². The second kappa shape index (κ2) is 5.42. The lowest BCUT2D eigenvalue weighted by Gasteiger charge is -2.28. The number of thioether (sulfide) groups is 1. The van der Waals surface area contributed by atoms with E-state index in [1.165, 1.54) is 29.8 Å². The normalized spacial score (nSPS) is 17.4. The van der Waals surface area contributed by atoms with Gasteiger partial charge in [-0.05, 0) is 42.7 Å². The van der Waals surface area contributed by atoms with Crippen LogP contribution in [0.25, 0.3) is 16.7 Å². The predicted octanol–water partition coefficient (Wildman–Crippen LogP) is 3.75. The third kappa shape index (κ3) is 1.90. The number of rotatable bonds is 1. The monoisotopic (exact) mass is 334 g/mol. The maximum Gasteiger partial charge on any atom is 0.157 e. The van der Waals surface area contributed by atoms with Crippen LogP contribution in [0.3, 0.4) is 0 Å². The van der Waals surface area contributed by atoms with E-state index in [0.29, 0.717) is 0 Å². The highest BCUT2D eigenvalue weighted by atomic mass is 32.2. The van der Waals surface area contributed by atoms with Crippen molar-refractivity contribution < 1.29 is 0 Å². The van der Waals surface area contributed by atoms with E-state index in [2.05, 4.69) is 27.5 Å². The summed E-state index contributed by atoms with van der Waals surface area (Å²) in [4.78, 5) is 7.34. The fraction of sp³-hybridized carbons (Fsp3) is 0.368. The first-order valence-electron chi connectivity index (χ1n) is 8.56. The first-order chi connectivity index (χ1) is 11.9. The molecule has 2 aliphatic rings. The van der Waals surface area contributed by atoms with Crippen molar-refractivity contribution in [3.63, 3.8) is 0 Å². The van der Waals surface area contributed by atoms with Crippen molar-refractivity contribution >= 4 is 34.3 Å². The van der Waals surface area contributed by atoms with E-state index in [1.807, 2.05) is 23.9 Å². The number of benzene rings is 1. The first kappa shape index (κ1) is 14.2. The summed E-state index contributed by atoms with van der Waals surface area (Å²) in [6.07, 6.45) is 3.47. The van der Waals surface area contributed by atoms with Crippen molar-refractivity contribution in [2.75, 3.05) is 23.7 Å². The number of hydrogen-bond donors (Lipinski definition) is 0. The van der Waals surface area contributed by atoms with Gasteiger partial charge in [-0.1, -0.05) is 12.1 Å². The highest BCUT2D eigenvalue weighted by Crippen LogP contribution is 2.39. The average Bonchev–Trinajstić information content (AvgIpc) is 3.27. The zero-order valence-corrected chi connectivity index (χ0v) is 14.3. The van der Waals surface area contributed by atoms with Crippen molar-refractivity contribution in [2.45, 2.75) is 25.0 Å². The number of fused-ring (bicyclic) bond motifs is 4. The summed E-state index contributed by atoms with van der Waals surface area (Å²) in [5, 5.41) is 9.85. The zero-order valence-electron chi connectivity index (χ0n) is 13.5. The van der Waals surface area contributed by atoms with Gasteiger partial charge in [0.25, 0.3) is 0 Å². The molecule has 5 rings (SSSR count). The third-order valence-corrected chi connectivity index (χ3v) is 6.18. The molecular weight excluding hydrogens is 316 g/mol. The van der Waals surface area contributed by atoms with Gasteiger partial charge < -0.3 is 4.90 Å². The zero-order chi connectivity index (χ0) is 16.1. The fourth-order valence-corrected chi connectivity index (χ4v) is 5.12. The highest BCUT2D eigenvalue weighted by Gasteiger charge is 2.28. The minimum Gasteiger partial charge on any atom is -0.357 e. The summed E-state index contributed by atoms with van der Waals surface area (Å²) in [5.74, 6) is 3.38. The van der Waals surface area contributed by atoms with Gasteiger partial charge >= 0.3 is 0 Å². The molecule has 4 nitrogen and oxygen atoms in total. The minimum atomic E-state index is 0.782. The Kier molecular flexibility index (Phi) is 3.20. The van der Waals surface area contributed by atoms with E-state index >= 15 is 0 Å². The Labute approximate surface area is 145 Å². The lowest BCUT2D eigenvalue weighted by atomic mass is 10.0. The number of aromatic nitrogens is 2. The van der Waals surface area contributed by atoms with Crippen LogP contribution in [0.15, 0.2) is 24.3 Å². The SMILES string of the molecule is N#Cc1c2c(c(N3CCCC3)n3c1nc1ccccc13)CSCC2. The molecular formula is C19H18N4S. The Hall–Kier alpha value is -2.19. The standard InChI is InChI=1S/C19H18N4S/c20-11-14-13-7-10-24-12-15(13)19(22-8-3-4-9-22)23-17-6-2-1-5-16(17)21-18(14)23/h1-2,5-6H,3-4,7-10,12H2. The molecule has 2 aliphatic heterocycles. The van der Waals surface area contributed by atoms with Crippen LogP contribution >= 0.6 is 11.8 Å². The topological polar surface area (TPSA) is 44.3 Å². The van der Waals surface area contributed by atoms with Gasteiger partial charge in [0, 0.05) is 24.4 Å². The van der Waals surface area contributed by atoms with Crippen LogP contribution < -0.4 is 4.90 Å². The van der Waals surface area contributed by atoms with E-state index in [4.69, 9.17) is 4.98 Å². The Balaban J connectivity index is 1.98. The number of nitriles is 1. The average molecular weight is 334 g/mol. The van der Waals surface area contributed by atoms with Gasteiger partial charge in [0.15, 0.2) is 5.65 Å². The maximum absolute atomic E-state index is 9.85. The Morgan fingerprint density at radius 1 is 1.12 bits per heavy atom. The predicted molar refractivity (Wildman–Crippen MR) is 98.7 cm³/mol. The van der Waals surface area contributed by atoms with Gasteiger partial charge in [-0.2, -0.15) is 17.0 Å². The second-order valence-electron chi connectivity index (χ2n) is 6.52. The smallest absolute Gasteiger partial charge is 0.157 e. The van der Waals surface area contributed by atoms with Gasteiger partial charge in [0.05, 0.1) is 16.6 Å². The molecule has 0 radical (unpaired) electrons. The molecule has 5 heteroatoms. The Morgan fingerprint density at radius 2 is 1.96 bits per heavy atom. The molecule has 3 aromatic rings. The number of para-hydroxylation sites is 2. The molecule has 0 bridgehead atoms. The lowest BCUT2D eigenvalue weighted by molar-refractivity contribution is 0.898. The summed E-state index contributed by atoms with van der Waals surface area (Å²) < 4.78 is 2.25. The van der Waals surface area contributed by atoms with Crippen LogP contribution in [-0.2, 0) is 12.2 Å². The van der Waals surface area contributed by atoms with E-state index in [9.17, 15) is 5.26 Å². The molecule has 1 saturated heterocycles. The van der Waals surface area contributed by atoms with Crippen molar-refractivity contribution in [3.8, 4) is 6.07 Å². The molecule has 0 N–H and O–H groups in total. The second-order valence-corrected chi connectivity index (χ2v) is 7.63. The highest BCUT2D eigenvalue weighted by molar-refractivity contribution is 7.98. The molecule has 120 valence electrons. The Morgan fingerprint density at radius 3 is 2.79 bits per heavy atom. The number of nitrogens with zero attached hydrogens (tertiary/aromatic N) is 4. The maximum atomic E-state index is 9.85. The molecule has 0 amide bonds. The van der Waals surface area contributed by atoms with Crippen LogP contribution in [0.2, 0.25) is 0 Å². The molecule has 0 saturated carbocycles. The first-order valence-corrected chi connectivity index (χ1v) is 9.71. The van der Waals surface area contributed by atoms with Crippen LogP contribution in [0, 0.1) is 11.3 Å². The van der Waals surface area contributed by atoms with Crippen LogP contribution in [-0.4, -0.2) is 28.2 Å². The van der Waals surface area contributed by atoms with Gasteiger partial charge in [0.2, 0.25) is 0 Å². The van der Waals surface area contributed by atoms with Crippen molar-refractivity contribution in [1.29, 1.82) is 5.26 Å². The van der Waals surface area contributed by atoms with Gasteiger partial charge in [-0.3, -0.25) is 4.40 Å².